The number of anilines is 2. The standard InChI is InChI=1S/C26H27N3O4S/c1-19-6-4-8-21(18-19)26(31)27-16-15-25(30)28-22-11-13-23(14-12-22)34(32,33)29-17-5-9-20-7-2-3-10-24(20)29/h2-4,6-8,10-14,18H,5,9,15-17H2,1H3,(H,27,31)(H,28,30). The minimum Gasteiger partial charge on any atom is -0.352 e. The van der Waals surface area contributed by atoms with Crippen LogP contribution in [-0.4, -0.2) is 33.3 Å². The van der Waals surface area contributed by atoms with Gasteiger partial charge in [0.15, 0.2) is 0 Å². The van der Waals surface area contributed by atoms with Gasteiger partial charge in [-0.2, -0.15) is 0 Å². The van der Waals surface area contributed by atoms with Gasteiger partial charge in [-0.1, -0.05) is 35.9 Å². The molecule has 0 aliphatic carbocycles. The molecule has 0 spiro atoms. The van der Waals surface area contributed by atoms with Gasteiger partial charge in [-0.3, -0.25) is 13.9 Å². The van der Waals surface area contributed by atoms with Gasteiger partial charge in [0, 0.05) is 30.8 Å². The van der Waals surface area contributed by atoms with Crippen LogP contribution in [0.15, 0.2) is 77.7 Å². The molecule has 8 heteroatoms. The molecule has 176 valence electrons. The van der Waals surface area contributed by atoms with Gasteiger partial charge in [-0.05, 0) is 67.8 Å². The lowest BCUT2D eigenvalue weighted by molar-refractivity contribution is -0.116. The van der Waals surface area contributed by atoms with Gasteiger partial charge in [0.25, 0.3) is 15.9 Å². The first kappa shape index (κ1) is 23.5. The first-order valence-electron chi connectivity index (χ1n) is 11.2. The van der Waals surface area contributed by atoms with Crippen molar-refractivity contribution < 1.29 is 18.0 Å². The Hall–Kier alpha value is -3.65. The van der Waals surface area contributed by atoms with Crippen LogP contribution in [0.1, 0.15) is 34.3 Å². The fourth-order valence-electron chi connectivity index (χ4n) is 3.99. The molecule has 0 radical (unpaired) electrons. The van der Waals surface area contributed by atoms with Crippen LogP contribution in [0.2, 0.25) is 0 Å². The molecule has 0 atom stereocenters. The number of carbonyl (C=O) groups excluding carboxylic acids is 2. The molecule has 1 aliphatic heterocycles. The molecule has 0 aromatic heterocycles. The van der Waals surface area contributed by atoms with Crippen LogP contribution in [0.4, 0.5) is 11.4 Å². The molecule has 1 heterocycles. The molecular weight excluding hydrogens is 450 g/mol. The Kier molecular flexibility index (Phi) is 6.98. The monoisotopic (exact) mass is 477 g/mol. The molecule has 0 unspecified atom stereocenters. The Labute approximate surface area is 199 Å². The molecule has 0 bridgehead atoms. The predicted molar refractivity (Wildman–Crippen MR) is 132 cm³/mol. The van der Waals surface area contributed by atoms with Crippen LogP contribution in [0.25, 0.3) is 0 Å². The molecule has 3 aromatic carbocycles. The number of nitrogens with zero attached hydrogens (tertiary/aromatic N) is 1. The summed E-state index contributed by atoms with van der Waals surface area (Å²) >= 11 is 0. The van der Waals surface area contributed by atoms with E-state index >= 15 is 0 Å². The summed E-state index contributed by atoms with van der Waals surface area (Å²) in [7, 11) is -3.70. The number of aryl methyl sites for hydroxylation is 2. The third kappa shape index (κ3) is 5.28. The maximum absolute atomic E-state index is 13.2. The van der Waals surface area contributed by atoms with E-state index in [0.717, 1.165) is 29.7 Å². The summed E-state index contributed by atoms with van der Waals surface area (Å²) in [6, 6.07) is 20.9. The van der Waals surface area contributed by atoms with Crippen molar-refractivity contribution >= 4 is 33.2 Å². The number of carbonyl (C=O) groups is 2. The highest BCUT2D eigenvalue weighted by Crippen LogP contribution is 2.32. The van der Waals surface area contributed by atoms with Gasteiger partial charge in [-0.15, -0.1) is 0 Å². The van der Waals surface area contributed by atoms with Gasteiger partial charge in [0.2, 0.25) is 5.91 Å². The van der Waals surface area contributed by atoms with Crippen molar-refractivity contribution in [1.82, 2.24) is 5.32 Å². The lowest BCUT2D eigenvalue weighted by Crippen LogP contribution is -2.35. The highest BCUT2D eigenvalue weighted by molar-refractivity contribution is 7.92. The number of sulfonamides is 1. The minimum atomic E-state index is -3.70. The summed E-state index contributed by atoms with van der Waals surface area (Å²) in [4.78, 5) is 24.6. The van der Waals surface area contributed by atoms with E-state index in [-0.39, 0.29) is 29.7 Å². The zero-order chi connectivity index (χ0) is 24.1. The van der Waals surface area contributed by atoms with Crippen LogP contribution in [0.5, 0.6) is 0 Å². The normalized spacial score (nSPS) is 13.1. The number of benzene rings is 3. The van der Waals surface area contributed by atoms with Gasteiger partial charge in [0.1, 0.15) is 0 Å². The highest BCUT2D eigenvalue weighted by Gasteiger charge is 2.28. The maximum atomic E-state index is 13.2. The quantitative estimate of drug-likeness (QED) is 0.540. The molecule has 4 rings (SSSR count). The van der Waals surface area contributed by atoms with Crippen molar-refractivity contribution in [1.29, 1.82) is 0 Å². The lowest BCUT2D eigenvalue weighted by Gasteiger charge is -2.30. The number of para-hydroxylation sites is 1. The summed E-state index contributed by atoms with van der Waals surface area (Å²) in [6.45, 7) is 2.54. The van der Waals surface area contributed by atoms with E-state index in [0.29, 0.717) is 17.8 Å². The second kappa shape index (κ2) is 10.1. The largest absolute Gasteiger partial charge is 0.352 e. The second-order valence-electron chi connectivity index (χ2n) is 8.26. The van der Waals surface area contributed by atoms with E-state index in [4.69, 9.17) is 0 Å². The smallest absolute Gasteiger partial charge is 0.264 e. The van der Waals surface area contributed by atoms with E-state index in [1.807, 2.05) is 43.3 Å². The molecule has 0 saturated heterocycles. The van der Waals surface area contributed by atoms with Crippen LogP contribution >= 0.6 is 0 Å². The Balaban J connectivity index is 1.34. The minimum absolute atomic E-state index is 0.0994. The number of fused-ring (bicyclic) bond motifs is 1. The van der Waals surface area contributed by atoms with Crippen molar-refractivity contribution in [3.63, 3.8) is 0 Å². The van der Waals surface area contributed by atoms with Crippen molar-refractivity contribution in [3.8, 4) is 0 Å². The SMILES string of the molecule is Cc1cccc(C(=O)NCCC(=O)Nc2ccc(S(=O)(=O)N3CCCc4ccccc43)cc2)c1. The summed E-state index contributed by atoms with van der Waals surface area (Å²) in [5.41, 5.74) is 3.77. The third-order valence-corrected chi connectivity index (χ3v) is 7.54. The van der Waals surface area contributed by atoms with E-state index < -0.39 is 10.0 Å². The molecule has 3 aromatic rings. The first-order valence-corrected chi connectivity index (χ1v) is 12.6. The Morgan fingerprint density at radius 2 is 1.74 bits per heavy atom. The van der Waals surface area contributed by atoms with Crippen LogP contribution < -0.4 is 14.9 Å². The predicted octanol–water partition coefficient (Wildman–Crippen LogP) is 3.90. The maximum Gasteiger partial charge on any atom is 0.264 e. The van der Waals surface area contributed by atoms with Crippen molar-refractivity contribution in [2.75, 3.05) is 22.7 Å². The van der Waals surface area contributed by atoms with Crippen molar-refractivity contribution in [2.45, 2.75) is 31.1 Å². The topological polar surface area (TPSA) is 95.6 Å². The molecule has 2 amide bonds. The number of amides is 2. The van der Waals surface area contributed by atoms with Crippen molar-refractivity contribution in [2.24, 2.45) is 0 Å². The summed E-state index contributed by atoms with van der Waals surface area (Å²) in [5.74, 6) is -0.504. The molecule has 0 saturated carbocycles. The lowest BCUT2D eigenvalue weighted by atomic mass is 10.0. The molecular formula is C26H27N3O4S. The fourth-order valence-corrected chi connectivity index (χ4v) is 5.53. The van der Waals surface area contributed by atoms with E-state index in [2.05, 4.69) is 10.6 Å². The van der Waals surface area contributed by atoms with Gasteiger partial charge >= 0.3 is 0 Å². The molecule has 0 fully saturated rings. The van der Waals surface area contributed by atoms with Crippen LogP contribution in [0, 0.1) is 6.92 Å². The summed E-state index contributed by atoms with van der Waals surface area (Å²) in [5, 5.41) is 5.47. The molecule has 2 N–H and O–H groups in total. The van der Waals surface area contributed by atoms with E-state index in [1.54, 1.807) is 24.3 Å². The highest BCUT2D eigenvalue weighted by atomic mass is 32.2. The number of hydrogen-bond acceptors (Lipinski definition) is 4. The zero-order valence-corrected chi connectivity index (χ0v) is 19.8. The summed E-state index contributed by atoms with van der Waals surface area (Å²) in [6.07, 6.45) is 1.73. The first-order chi connectivity index (χ1) is 16.3. The average Bonchev–Trinajstić information content (AvgIpc) is 2.84. The fraction of sp³-hybridized carbons (Fsp3) is 0.231. The Bertz CT molecular complexity index is 1300. The van der Waals surface area contributed by atoms with Gasteiger partial charge < -0.3 is 10.6 Å². The Morgan fingerprint density at radius 3 is 2.50 bits per heavy atom. The number of rotatable bonds is 7. The average molecular weight is 478 g/mol. The van der Waals surface area contributed by atoms with Gasteiger partial charge in [-0.25, -0.2) is 8.42 Å². The zero-order valence-electron chi connectivity index (χ0n) is 19.0. The number of hydrogen-bond donors (Lipinski definition) is 2. The summed E-state index contributed by atoms with van der Waals surface area (Å²) < 4.78 is 27.9. The molecule has 34 heavy (non-hydrogen) atoms. The number of nitrogens with one attached hydrogen (secondary N) is 2. The third-order valence-electron chi connectivity index (χ3n) is 5.71. The van der Waals surface area contributed by atoms with E-state index in [9.17, 15) is 18.0 Å². The molecule has 1 aliphatic rings. The van der Waals surface area contributed by atoms with Crippen LogP contribution in [0.3, 0.4) is 0 Å². The molecule has 7 nitrogen and oxygen atoms in total. The van der Waals surface area contributed by atoms with E-state index in [1.165, 1.54) is 16.4 Å². The van der Waals surface area contributed by atoms with Crippen molar-refractivity contribution in [3.05, 3.63) is 89.5 Å². The van der Waals surface area contributed by atoms with Crippen LogP contribution in [-0.2, 0) is 21.2 Å². The Morgan fingerprint density at radius 1 is 0.971 bits per heavy atom. The second-order valence-corrected chi connectivity index (χ2v) is 10.1. The van der Waals surface area contributed by atoms with Gasteiger partial charge in [0.05, 0.1) is 10.6 Å².